The van der Waals surface area contributed by atoms with Crippen LogP contribution < -0.4 is 10.6 Å². The number of hydrogen-bond donors (Lipinski definition) is 2. The molecule has 0 heterocycles. The molecular weight excluding hydrogens is 236 g/mol. The van der Waals surface area contributed by atoms with E-state index in [4.69, 9.17) is 0 Å². The van der Waals surface area contributed by atoms with Crippen LogP contribution in [0, 0.1) is 5.41 Å². The molecule has 1 aliphatic rings. The van der Waals surface area contributed by atoms with Gasteiger partial charge in [-0.15, -0.1) is 0 Å². The van der Waals surface area contributed by atoms with Gasteiger partial charge >= 0.3 is 0 Å². The van der Waals surface area contributed by atoms with E-state index in [1.165, 1.54) is 25.7 Å². The van der Waals surface area contributed by atoms with Gasteiger partial charge < -0.3 is 10.6 Å². The highest BCUT2D eigenvalue weighted by Crippen LogP contribution is 2.48. The number of nitrogens with one attached hydrogen (secondary N) is 2. The largest absolute Gasteiger partial charge is 0.385 e. The van der Waals surface area contributed by atoms with Crippen molar-refractivity contribution in [3.63, 3.8) is 0 Å². The maximum atomic E-state index is 12.1. The van der Waals surface area contributed by atoms with E-state index in [1.807, 2.05) is 24.3 Å². The van der Waals surface area contributed by atoms with Crippen molar-refractivity contribution in [1.29, 1.82) is 0 Å². The normalized spacial score (nSPS) is 15.9. The van der Waals surface area contributed by atoms with E-state index in [9.17, 15) is 4.79 Å². The third kappa shape index (κ3) is 3.72. The fourth-order valence-electron chi connectivity index (χ4n) is 2.54. The number of anilines is 1. The van der Waals surface area contributed by atoms with Crippen LogP contribution in [-0.4, -0.2) is 19.0 Å². The Morgan fingerprint density at radius 2 is 1.89 bits per heavy atom. The van der Waals surface area contributed by atoms with Gasteiger partial charge in [0.1, 0.15) is 0 Å². The summed E-state index contributed by atoms with van der Waals surface area (Å²) in [5.74, 6) is 0.0467. The quantitative estimate of drug-likeness (QED) is 0.788. The number of hydrogen-bond acceptors (Lipinski definition) is 2. The van der Waals surface area contributed by atoms with Crippen molar-refractivity contribution in [3.05, 3.63) is 29.8 Å². The lowest BCUT2D eigenvalue weighted by atomic mass is 10.0. The molecule has 2 N–H and O–H groups in total. The molecule has 1 aliphatic carbocycles. The summed E-state index contributed by atoms with van der Waals surface area (Å²) in [6.07, 6.45) is 4.96. The molecule has 1 aromatic rings. The van der Waals surface area contributed by atoms with Gasteiger partial charge in [-0.1, -0.05) is 13.3 Å². The molecule has 0 saturated heterocycles. The van der Waals surface area contributed by atoms with Gasteiger partial charge in [0.15, 0.2) is 0 Å². The molecule has 104 valence electrons. The summed E-state index contributed by atoms with van der Waals surface area (Å²) in [6, 6.07) is 7.67. The summed E-state index contributed by atoms with van der Waals surface area (Å²) < 4.78 is 0. The number of carbonyl (C=O) groups excluding carboxylic acids is 1. The molecule has 1 amide bonds. The molecule has 0 atom stereocenters. The van der Waals surface area contributed by atoms with Crippen molar-refractivity contribution < 1.29 is 4.79 Å². The van der Waals surface area contributed by atoms with Gasteiger partial charge in [0.2, 0.25) is 0 Å². The van der Waals surface area contributed by atoms with Gasteiger partial charge in [0, 0.05) is 24.3 Å². The SMILES string of the molecule is CCCC1(CNC(=O)c2ccc(NCC)cc2)CC1. The first-order valence-electron chi connectivity index (χ1n) is 7.31. The maximum absolute atomic E-state index is 12.1. The zero-order chi connectivity index (χ0) is 13.7. The summed E-state index contributed by atoms with van der Waals surface area (Å²) in [4.78, 5) is 12.1. The summed E-state index contributed by atoms with van der Waals surface area (Å²) >= 11 is 0. The summed E-state index contributed by atoms with van der Waals surface area (Å²) in [5.41, 5.74) is 2.21. The average molecular weight is 260 g/mol. The molecule has 0 spiro atoms. The van der Waals surface area contributed by atoms with E-state index in [1.54, 1.807) is 0 Å². The van der Waals surface area contributed by atoms with Crippen molar-refractivity contribution in [3.8, 4) is 0 Å². The Labute approximate surface area is 115 Å². The minimum absolute atomic E-state index is 0.0467. The first-order valence-corrected chi connectivity index (χ1v) is 7.31. The summed E-state index contributed by atoms with van der Waals surface area (Å²) in [5, 5.41) is 6.30. The number of amides is 1. The fourth-order valence-corrected chi connectivity index (χ4v) is 2.54. The minimum atomic E-state index is 0.0467. The second kappa shape index (κ2) is 6.09. The number of rotatable bonds is 7. The standard InChI is InChI=1S/C16H24N2O/c1-3-9-16(10-11-16)12-18-15(19)13-5-7-14(8-6-13)17-4-2/h5-8,17H,3-4,9-12H2,1-2H3,(H,18,19). The first kappa shape index (κ1) is 13.9. The molecule has 3 nitrogen and oxygen atoms in total. The van der Waals surface area contributed by atoms with Gasteiger partial charge in [0.05, 0.1) is 0 Å². The molecule has 0 radical (unpaired) electrons. The molecule has 1 fully saturated rings. The topological polar surface area (TPSA) is 41.1 Å². The maximum Gasteiger partial charge on any atom is 0.251 e. The van der Waals surface area contributed by atoms with Crippen LogP contribution in [0.2, 0.25) is 0 Å². The van der Waals surface area contributed by atoms with Crippen LogP contribution in [0.1, 0.15) is 49.9 Å². The third-order valence-corrected chi connectivity index (χ3v) is 3.89. The van der Waals surface area contributed by atoms with Crippen LogP contribution in [0.3, 0.4) is 0 Å². The molecule has 1 aromatic carbocycles. The first-order chi connectivity index (χ1) is 9.19. The van der Waals surface area contributed by atoms with Crippen molar-refractivity contribution in [2.24, 2.45) is 5.41 Å². The number of carbonyl (C=O) groups is 1. The minimum Gasteiger partial charge on any atom is -0.385 e. The Bertz CT molecular complexity index is 421. The number of benzene rings is 1. The Balaban J connectivity index is 1.86. The van der Waals surface area contributed by atoms with Crippen LogP contribution >= 0.6 is 0 Å². The predicted octanol–water partition coefficient (Wildman–Crippen LogP) is 3.43. The van der Waals surface area contributed by atoms with E-state index in [2.05, 4.69) is 24.5 Å². The second-order valence-electron chi connectivity index (χ2n) is 5.54. The molecule has 19 heavy (non-hydrogen) atoms. The molecule has 0 unspecified atom stereocenters. The lowest BCUT2D eigenvalue weighted by Crippen LogP contribution is -2.30. The average Bonchev–Trinajstić information content (AvgIpc) is 3.18. The Morgan fingerprint density at radius 3 is 2.42 bits per heavy atom. The van der Waals surface area contributed by atoms with Crippen molar-refractivity contribution in [2.45, 2.75) is 39.5 Å². The summed E-state index contributed by atoms with van der Waals surface area (Å²) in [7, 11) is 0. The lowest BCUT2D eigenvalue weighted by molar-refractivity contribution is 0.0944. The summed E-state index contributed by atoms with van der Waals surface area (Å²) in [6.45, 7) is 5.99. The molecule has 1 saturated carbocycles. The van der Waals surface area contributed by atoms with E-state index in [0.717, 1.165) is 24.3 Å². The zero-order valence-corrected chi connectivity index (χ0v) is 12.0. The van der Waals surface area contributed by atoms with Crippen LogP contribution in [0.4, 0.5) is 5.69 Å². The van der Waals surface area contributed by atoms with Gasteiger partial charge in [-0.2, -0.15) is 0 Å². The predicted molar refractivity (Wildman–Crippen MR) is 79.5 cm³/mol. The van der Waals surface area contributed by atoms with Gasteiger partial charge in [-0.05, 0) is 55.9 Å². The molecule has 2 rings (SSSR count). The van der Waals surface area contributed by atoms with Crippen molar-refractivity contribution >= 4 is 11.6 Å². The van der Waals surface area contributed by atoms with Gasteiger partial charge in [-0.3, -0.25) is 4.79 Å². The van der Waals surface area contributed by atoms with Crippen LogP contribution in [0.15, 0.2) is 24.3 Å². The van der Waals surface area contributed by atoms with Crippen LogP contribution in [0.25, 0.3) is 0 Å². The van der Waals surface area contributed by atoms with E-state index in [-0.39, 0.29) is 5.91 Å². The highest BCUT2D eigenvalue weighted by Gasteiger charge is 2.41. The van der Waals surface area contributed by atoms with Crippen LogP contribution in [0.5, 0.6) is 0 Å². The molecule has 3 heteroatoms. The van der Waals surface area contributed by atoms with Gasteiger partial charge in [0.25, 0.3) is 5.91 Å². The highest BCUT2D eigenvalue weighted by atomic mass is 16.1. The second-order valence-corrected chi connectivity index (χ2v) is 5.54. The van der Waals surface area contributed by atoms with Crippen molar-refractivity contribution in [1.82, 2.24) is 5.32 Å². The smallest absolute Gasteiger partial charge is 0.251 e. The molecular formula is C16H24N2O. The van der Waals surface area contributed by atoms with E-state index < -0.39 is 0 Å². The Kier molecular flexibility index (Phi) is 4.46. The van der Waals surface area contributed by atoms with E-state index in [0.29, 0.717) is 5.41 Å². The van der Waals surface area contributed by atoms with E-state index >= 15 is 0 Å². The van der Waals surface area contributed by atoms with Crippen LogP contribution in [-0.2, 0) is 0 Å². The third-order valence-electron chi connectivity index (χ3n) is 3.89. The van der Waals surface area contributed by atoms with Crippen molar-refractivity contribution in [2.75, 3.05) is 18.4 Å². The molecule has 0 aliphatic heterocycles. The monoisotopic (exact) mass is 260 g/mol. The highest BCUT2D eigenvalue weighted by molar-refractivity contribution is 5.94. The fraction of sp³-hybridized carbons (Fsp3) is 0.562. The van der Waals surface area contributed by atoms with Gasteiger partial charge in [-0.25, -0.2) is 0 Å². The zero-order valence-electron chi connectivity index (χ0n) is 12.0. The molecule has 0 aromatic heterocycles. The molecule has 0 bridgehead atoms. The Hall–Kier alpha value is -1.51. The lowest BCUT2D eigenvalue weighted by Gasteiger charge is -2.15. The Morgan fingerprint density at radius 1 is 1.21 bits per heavy atom.